The summed E-state index contributed by atoms with van der Waals surface area (Å²) in [6, 6.07) is 5.55. The molecule has 0 fully saturated rings. The number of rotatable bonds is 6. The van der Waals surface area contributed by atoms with Crippen LogP contribution >= 0.6 is 11.6 Å². The molecule has 0 saturated carbocycles. The fourth-order valence-corrected chi connectivity index (χ4v) is 3.84. The maximum atomic E-state index is 13.2. The highest BCUT2D eigenvalue weighted by atomic mass is 35.5. The van der Waals surface area contributed by atoms with E-state index in [4.69, 9.17) is 16.3 Å². The van der Waals surface area contributed by atoms with Gasteiger partial charge in [-0.1, -0.05) is 32.0 Å². The first-order chi connectivity index (χ1) is 13.7. The highest BCUT2D eigenvalue weighted by Gasteiger charge is 2.30. The number of fused-ring (bicyclic) bond motifs is 1. The van der Waals surface area contributed by atoms with Crippen molar-refractivity contribution in [1.82, 2.24) is 9.88 Å². The summed E-state index contributed by atoms with van der Waals surface area (Å²) in [7, 11) is 0. The molecular formula is C23H31ClN2O4. The number of carbonyl (C=O) groups is 1. The molecule has 0 unspecified atom stereocenters. The molecule has 30 heavy (non-hydrogen) atoms. The molecule has 0 radical (unpaired) electrons. The third-order valence-corrected chi connectivity index (χ3v) is 5.97. The molecule has 1 aromatic carbocycles. The Labute approximate surface area is 182 Å². The van der Waals surface area contributed by atoms with Crippen LogP contribution in [0.5, 0.6) is 5.75 Å². The van der Waals surface area contributed by atoms with Gasteiger partial charge in [0.2, 0.25) is 0 Å². The first-order valence-corrected chi connectivity index (χ1v) is 10.2. The molecule has 6 nitrogen and oxygen atoms in total. The van der Waals surface area contributed by atoms with Crippen molar-refractivity contribution in [2.24, 2.45) is 5.92 Å². The average Bonchev–Trinajstić information content (AvgIpc) is 2.67. The van der Waals surface area contributed by atoms with Gasteiger partial charge in [0.05, 0.1) is 17.1 Å². The number of hydrogen-bond acceptors (Lipinski definition) is 4. The minimum absolute atomic E-state index is 0. The molecule has 0 bridgehead atoms. The van der Waals surface area contributed by atoms with Gasteiger partial charge in [0, 0.05) is 30.3 Å². The van der Waals surface area contributed by atoms with Crippen LogP contribution in [0.25, 0.3) is 0 Å². The van der Waals surface area contributed by atoms with Crippen LogP contribution in [0.2, 0.25) is 5.02 Å². The van der Waals surface area contributed by atoms with Crippen LogP contribution in [0.1, 0.15) is 54.0 Å². The molecule has 0 aliphatic carbocycles. The quantitative estimate of drug-likeness (QED) is 0.722. The number of carbonyl (C=O) groups excluding carboxylic acids is 1. The number of aryl methyl sites for hydroxylation is 2. The second-order valence-corrected chi connectivity index (χ2v) is 8.19. The van der Waals surface area contributed by atoms with Crippen LogP contribution in [-0.4, -0.2) is 40.2 Å². The number of benzene rings is 1. The molecule has 2 N–H and O–H groups in total. The summed E-state index contributed by atoms with van der Waals surface area (Å²) in [6.45, 7) is 8.21. The Balaban J connectivity index is 0.00000320. The van der Waals surface area contributed by atoms with Crippen molar-refractivity contribution in [2.75, 3.05) is 13.2 Å². The number of nitrogens with zero attached hydrogens (tertiary/aromatic N) is 1. The van der Waals surface area contributed by atoms with E-state index in [1.807, 2.05) is 39.8 Å². The van der Waals surface area contributed by atoms with Crippen molar-refractivity contribution in [3.05, 3.63) is 61.5 Å². The Morgan fingerprint density at radius 3 is 2.60 bits per heavy atom. The topological polar surface area (TPSA) is 82.6 Å². The van der Waals surface area contributed by atoms with Gasteiger partial charge in [0.1, 0.15) is 11.9 Å². The van der Waals surface area contributed by atoms with E-state index in [1.54, 1.807) is 11.0 Å². The minimum Gasteiger partial charge on any atom is -0.489 e. The van der Waals surface area contributed by atoms with E-state index in [-0.39, 0.29) is 49.1 Å². The standard InChI is InChI=1S/C22H27ClN2O4.CH4/c1-12-9-14(3)24-21(27)17(12)10-25-8-7-16-5-6-18(20(23)19(16)22(25)28)29-15(4)13(2)11-26;/h5-6,9,13,15,26H,7-8,10-11H2,1-4H3,(H,24,27);1H4/t13-,15-;/m1./s1. The van der Waals surface area contributed by atoms with E-state index in [9.17, 15) is 14.7 Å². The Hall–Kier alpha value is -2.31. The van der Waals surface area contributed by atoms with Crippen LogP contribution in [-0.2, 0) is 13.0 Å². The minimum atomic E-state index is -0.251. The van der Waals surface area contributed by atoms with Crippen LogP contribution in [0.3, 0.4) is 0 Å². The first kappa shape index (κ1) is 24.0. The molecule has 164 valence electrons. The second kappa shape index (κ2) is 9.67. The monoisotopic (exact) mass is 434 g/mol. The zero-order valence-corrected chi connectivity index (χ0v) is 18.0. The zero-order chi connectivity index (χ0) is 21.3. The summed E-state index contributed by atoms with van der Waals surface area (Å²) in [4.78, 5) is 30.0. The Morgan fingerprint density at radius 1 is 1.27 bits per heavy atom. The number of aliphatic hydroxyl groups excluding tert-OH is 1. The zero-order valence-electron chi connectivity index (χ0n) is 17.2. The lowest BCUT2D eigenvalue weighted by Gasteiger charge is -2.30. The molecular weight excluding hydrogens is 404 g/mol. The van der Waals surface area contributed by atoms with E-state index in [0.717, 1.165) is 16.8 Å². The Kier molecular flexibility index (Phi) is 7.72. The molecule has 1 amide bonds. The SMILES string of the molecule is C.Cc1cc(C)c(CN2CCc3ccc(O[C@H](C)[C@H](C)CO)c(Cl)c3C2=O)c(=O)[nH]1. The number of aromatic nitrogens is 1. The maximum absolute atomic E-state index is 13.2. The molecule has 1 aliphatic rings. The lowest BCUT2D eigenvalue weighted by atomic mass is 9.97. The van der Waals surface area contributed by atoms with Crippen molar-refractivity contribution < 1.29 is 14.6 Å². The van der Waals surface area contributed by atoms with Crippen LogP contribution in [0, 0.1) is 19.8 Å². The number of pyridine rings is 1. The number of ether oxygens (including phenoxy) is 1. The van der Waals surface area contributed by atoms with Gasteiger partial charge >= 0.3 is 0 Å². The Bertz CT molecular complexity index is 986. The van der Waals surface area contributed by atoms with E-state index in [0.29, 0.717) is 29.8 Å². The summed E-state index contributed by atoms with van der Waals surface area (Å²) >= 11 is 6.56. The van der Waals surface area contributed by atoms with Gasteiger partial charge in [0.15, 0.2) is 0 Å². The van der Waals surface area contributed by atoms with Gasteiger partial charge in [-0.3, -0.25) is 9.59 Å². The van der Waals surface area contributed by atoms with Crippen LogP contribution in [0.4, 0.5) is 0 Å². The number of halogens is 1. The van der Waals surface area contributed by atoms with E-state index < -0.39 is 0 Å². The molecule has 3 rings (SSSR count). The fraction of sp³-hybridized carbons (Fsp3) is 0.478. The smallest absolute Gasteiger partial charge is 0.256 e. The summed E-state index contributed by atoms with van der Waals surface area (Å²) in [5, 5.41) is 9.60. The highest BCUT2D eigenvalue weighted by Crippen LogP contribution is 2.35. The predicted molar refractivity (Wildman–Crippen MR) is 120 cm³/mol. The Morgan fingerprint density at radius 2 is 1.97 bits per heavy atom. The number of aromatic amines is 1. The van der Waals surface area contributed by atoms with Crippen molar-refractivity contribution in [1.29, 1.82) is 0 Å². The van der Waals surface area contributed by atoms with Gasteiger partial charge < -0.3 is 19.7 Å². The largest absolute Gasteiger partial charge is 0.489 e. The normalized spacial score (nSPS) is 15.3. The second-order valence-electron chi connectivity index (χ2n) is 7.81. The predicted octanol–water partition coefficient (Wildman–Crippen LogP) is 3.88. The number of aliphatic hydroxyl groups is 1. The molecule has 0 spiro atoms. The molecule has 2 aromatic rings. The number of hydrogen-bond donors (Lipinski definition) is 2. The van der Waals surface area contributed by atoms with Crippen molar-refractivity contribution in [2.45, 2.75) is 54.2 Å². The van der Waals surface area contributed by atoms with E-state index in [1.165, 1.54) is 0 Å². The highest BCUT2D eigenvalue weighted by molar-refractivity contribution is 6.35. The molecule has 0 saturated heterocycles. The number of amides is 1. The summed E-state index contributed by atoms with van der Waals surface area (Å²) in [5.41, 5.74) is 3.38. The van der Waals surface area contributed by atoms with Crippen LogP contribution in [0.15, 0.2) is 23.0 Å². The maximum Gasteiger partial charge on any atom is 0.256 e. The van der Waals surface area contributed by atoms with Gasteiger partial charge in [-0.2, -0.15) is 0 Å². The average molecular weight is 435 g/mol. The summed E-state index contributed by atoms with van der Waals surface area (Å²) in [6.07, 6.45) is 0.408. The lowest BCUT2D eigenvalue weighted by Crippen LogP contribution is -2.39. The summed E-state index contributed by atoms with van der Waals surface area (Å²) < 4.78 is 5.90. The fourth-order valence-electron chi connectivity index (χ4n) is 3.53. The van der Waals surface area contributed by atoms with Gasteiger partial charge in [0.25, 0.3) is 11.5 Å². The van der Waals surface area contributed by atoms with Gasteiger partial charge in [-0.15, -0.1) is 0 Å². The van der Waals surface area contributed by atoms with E-state index in [2.05, 4.69) is 4.98 Å². The van der Waals surface area contributed by atoms with Crippen LogP contribution < -0.4 is 10.3 Å². The molecule has 1 aliphatic heterocycles. The van der Waals surface area contributed by atoms with E-state index >= 15 is 0 Å². The van der Waals surface area contributed by atoms with Crippen molar-refractivity contribution in [3.8, 4) is 5.75 Å². The summed E-state index contributed by atoms with van der Waals surface area (Å²) in [5.74, 6) is 0.159. The third kappa shape index (κ3) is 4.71. The third-order valence-electron chi connectivity index (χ3n) is 5.59. The molecule has 2 atom stereocenters. The number of H-pyrrole nitrogens is 1. The van der Waals surface area contributed by atoms with Gasteiger partial charge in [-0.25, -0.2) is 0 Å². The van der Waals surface area contributed by atoms with Crippen molar-refractivity contribution in [3.63, 3.8) is 0 Å². The number of nitrogens with one attached hydrogen (secondary N) is 1. The van der Waals surface area contributed by atoms with Crippen molar-refractivity contribution >= 4 is 17.5 Å². The first-order valence-electron chi connectivity index (χ1n) is 9.80. The van der Waals surface area contributed by atoms with Gasteiger partial charge in [-0.05, 0) is 50.5 Å². The molecule has 2 heterocycles. The molecule has 1 aromatic heterocycles. The molecule has 7 heteroatoms. The lowest BCUT2D eigenvalue weighted by molar-refractivity contribution is 0.0723.